The first-order valence-corrected chi connectivity index (χ1v) is 12.1. The molecule has 2 heterocycles. The van der Waals surface area contributed by atoms with Crippen molar-refractivity contribution < 1.29 is 19.1 Å². The number of hydrogen-bond acceptors (Lipinski definition) is 6. The smallest absolute Gasteiger partial charge is 0.407 e. The zero-order chi connectivity index (χ0) is 24.0. The lowest BCUT2D eigenvalue weighted by Crippen LogP contribution is -2.51. The minimum absolute atomic E-state index is 0.0205. The number of guanidine groups is 1. The number of imide groups is 1. The maximum atomic E-state index is 13.1. The molecule has 0 spiro atoms. The molecule has 10 nitrogen and oxygen atoms in total. The number of nitrogens with one attached hydrogen (secondary N) is 1. The Morgan fingerprint density at radius 3 is 2.67 bits per heavy atom. The molecule has 1 aromatic carbocycles. The van der Waals surface area contributed by atoms with Crippen LogP contribution in [0.15, 0.2) is 35.3 Å². The number of fused-ring (bicyclic) bond motifs is 1. The molecule has 4 amide bonds. The van der Waals surface area contributed by atoms with Crippen LogP contribution in [-0.2, 0) is 16.1 Å². The van der Waals surface area contributed by atoms with Crippen LogP contribution in [0.3, 0.4) is 0 Å². The van der Waals surface area contributed by atoms with Crippen LogP contribution < -0.4 is 16.8 Å². The molecule has 0 aliphatic carbocycles. The van der Waals surface area contributed by atoms with Gasteiger partial charge in [-0.2, -0.15) is 0 Å². The SMILES string of the molecule is CC(C)C[C@H](NC(=O)OCc1ccccc1)[C@@H]1SC[C@H]2C(=O)N(CCCN=C(N)N)C(=O)N21. The number of rotatable bonds is 10. The summed E-state index contributed by atoms with van der Waals surface area (Å²) in [6.07, 6.45) is 0.584. The molecule has 3 rings (SSSR count). The third-order valence-electron chi connectivity index (χ3n) is 5.46. The summed E-state index contributed by atoms with van der Waals surface area (Å²) >= 11 is 1.52. The van der Waals surface area contributed by atoms with Crippen molar-refractivity contribution in [1.29, 1.82) is 0 Å². The van der Waals surface area contributed by atoms with E-state index in [1.165, 1.54) is 16.7 Å². The molecule has 11 heteroatoms. The van der Waals surface area contributed by atoms with E-state index in [2.05, 4.69) is 10.3 Å². The fourth-order valence-electron chi connectivity index (χ4n) is 4.00. The average molecular weight is 477 g/mol. The van der Waals surface area contributed by atoms with Crippen molar-refractivity contribution in [2.24, 2.45) is 22.4 Å². The van der Waals surface area contributed by atoms with E-state index in [9.17, 15) is 14.4 Å². The van der Waals surface area contributed by atoms with Crippen LogP contribution in [0.1, 0.15) is 32.3 Å². The minimum Gasteiger partial charge on any atom is -0.445 e. The fraction of sp³-hybridized carbons (Fsp3) is 0.545. The topological polar surface area (TPSA) is 143 Å². The highest BCUT2D eigenvalue weighted by atomic mass is 32.2. The second kappa shape index (κ2) is 11.3. The molecule has 0 unspecified atom stereocenters. The summed E-state index contributed by atoms with van der Waals surface area (Å²) in [5.74, 6) is 0.533. The van der Waals surface area contributed by atoms with Gasteiger partial charge in [-0.25, -0.2) is 9.59 Å². The standard InChI is InChI=1S/C22H32N6O4S/c1-14(2)11-16(26-21(30)32-12-15-7-4-3-5-8-15)19-28-17(13-33-19)18(29)27(22(28)31)10-6-9-25-20(23)24/h3-5,7-8,14,16-17,19H,6,9-13H2,1-2H3,(H,26,30)(H4,23,24,25)/t16-,17-,19-/m0/s1. The molecular weight excluding hydrogens is 444 g/mol. The highest BCUT2D eigenvalue weighted by Crippen LogP contribution is 2.38. The largest absolute Gasteiger partial charge is 0.445 e. The van der Waals surface area contributed by atoms with E-state index in [-0.39, 0.29) is 48.4 Å². The molecule has 0 bridgehead atoms. The summed E-state index contributed by atoms with van der Waals surface area (Å²) in [7, 11) is 0. The highest BCUT2D eigenvalue weighted by Gasteiger charge is 2.54. The lowest BCUT2D eigenvalue weighted by molar-refractivity contribution is -0.127. The Hall–Kier alpha value is -2.95. The van der Waals surface area contributed by atoms with Crippen molar-refractivity contribution in [1.82, 2.24) is 15.1 Å². The van der Waals surface area contributed by atoms with Gasteiger partial charge in [0, 0.05) is 18.8 Å². The van der Waals surface area contributed by atoms with E-state index in [4.69, 9.17) is 16.2 Å². The van der Waals surface area contributed by atoms with E-state index in [0.717, 1.165) is 5.56 Å². The van der Waals surface area contributed by atoms with E-state index in [1.54, 1.807) is 4.90 Å². The van der Waals surface area contributed by atoms with Crippen molar-refractivity contribution in [3.05, 3.63) is 35.9 Å². The van der Waals surface area contributed by atoms with Crippen LogP contribution in [0.25, 0.3) is 0 Å². The van der Waals surface area contributed by atoms with Gasteiger partial charge in [0.25, 0.3) is 5.91 Å². The normalized spacial score (nSPS) is 20.7. The predicted molar refractivity (Wildman–Crippen MR) is 127 cm³/mol. The Labute approximate surface area is 198 Å². The van der Waals surface area contributed by atoms with E-state index >= 15 is 0 Å². The van der Waals surface area contributed by atoms with Gasteiger partial charge >= 0.3 is 12.1 Å². The quantitative estimate of drug-likeness (QED) is 0.202. The van der Waals surface area contributed by atoms with Crippen LogP contribution in [0.5, 0.6) is 0 Å². The number of benzene rings is 1. The number of aliphatic imine (C=N–C) groups is 1. The van der Waals surface area contributed by atoms with Gasteiger partial charge in [0.2, 0.25) is 0 Å². The fourth-order valence-corrected chi connectivity index (χ4v) is 5.49. The summed E-state index contributed by atoms with van der Waals surface area (Å²) in [6, 6.07) is 8.22. The number of alkyl carbamates (subject to hydrolysis) is 1. The number of urea groups is 1. The van der Waals surface area contributed by atoms with Gasteiger partial charge in [-0.15, -0.1) is 11.8 Å². The third-order valence-corrected chi connectivity index (χ3v) is 6.86. The lowest BCUT2D eigenvalue weighted by atomic mass is 10.0. The van der Waals surface area contributed by atoms with Gasteiger partial charge < -0.3 is 21.5 Å². The Balaban J connectivity index is 1.64. The van der Waals surface area contributed by atoms with E-state index in [1.807, 2.05) is 44.2 Å². The van der Waals surface area contributed by atoms with Gasteiger partial charge in [0.15, 0.2) is 5.96 Å². The second-order valence-electron chi connectivity index (χ2n) is 8.52. The van der Waals surface area contributed by atoms with Gasteiger partial charge in [-0.05, 0) is 24.3 Å². The van der Waals surface area contributed by atoms with Crippen LogP contribution in [0.4, 0.5) is 9.59 Å². The predicted octanol–water partition coefficient (Wildman–Crippen LogP) is 1.70. The van der Waals surface area contributed by atoms with Crippen LogP contribution in [0.2, 0.25) is 0 Å². The van der Waals surface area contributed by atoms with Crippen molar-refractivity contribution in [3.63, 3.8) is 0 Å². The molecule has 0 aromatic heterocycles. The first kappa shape index (κ1) is 24.7. The number of carbonyl (C=O) groups is 3. The van der Waals surface area contributed by atoms with Crippen LogP contribution >= 0.6 is 11.8 Å². The number of nitrogens with two attached hydrogens (primary N) is 2. The molecule has 1 aromatic rings. The van der Waals surface area contributed by atoms with Gasteiger partial charge in [-0.1, -0.05) is 44.2 Å². The Kier molecular flexibility index (Phi) is 8.43. The zero-order valence-corrected chi connectivity index (χ0v) is 19.8. The molecule has 2 saturated heterocycles. The Morgan fingerprint density at radius 2 is 2.00 bits per heavy atom. The molecule has 0 radical (unpaired) electrons. The number of nitrogens with zero attached hydrogens (tertiary/aromatic N) is 3. The van der Waals surface area contributed by atoms with E-state index in [0.29, 0.717) is 25.1 Å². The first-order valence-electron chi connectivity index (χ1n) is 11.1. The van der Waals surface area contributed by atoms with Gasteiger partial charge in [0.1, 0.15) is 18.0 Å². The maximum absolute atomic E-state index is 13.1. The van der Waals surface area contributed by atoms with Crippen LogP contribution in [0, 0.1) is 5.92 Å². The molecular formula is C22H32N6O4S. The van der Waals surface area contributed by atoms with Crippen molar-refractivity contribution >= 4 is 35.8 Å². The van der Waals surface area contributed by atoms with Crippen molar-refractivity contribution in [2.45, 2.75) is 50.8 Å². The molecule has 2 aliphatic rings. The Morgan fingerprint density at radius 1 is 1.27 bits per heavy atom. The lowest BCUT2D eigenvalue weighted by Gasteiger charge is -2.31. The second-order valence-corrected chi connectivity index (χ2v) is 9.67. The highest BCUT2D eigenvalue weighted by molar-refractivity contribution is 8.00. The average Bonchev–Trinajstić information content (AvgIpc) is 3.30. The third kappa shape index (κ3) is 6.31. The Bertz CT molecular complexity index is 877. The zero-order valence-electron chi connectivity index (χ0n) is 19.0. The van der Waals surface area contributed by atoms with Crippen molar-refractivity contribution in [3.8, 4) is 0 Å². The van der Waals surface area contributed by atoms with Crippen molar-refractivity contribution in [2.75, 3.05) is 18.8 Å². The van der Waals surface area contributed by atoms with Gasteiger partial charge in [-0.3, -0.25) is 19.6 Å². The maximum Gasteiger partial charge on any atom is 0.407 e. The monoisotopic (exact) mass is 476 g/mol. The molecule has 2 aliphatic heterocycles. The summed E-state index contributed by atoms with van der Waals surface area (Å²) in [4.78, 5) is 45.3. The van der Waals surface area contributed by atoms with Crippen LogP contribution in [-0.4, -0.2) is 70.1 Å². The summed E-state index contributed by atoms with van der Waals surface area (Å²) in [6.45, 7) is 4.85. The molecule has 180 valence electrons. The number of thioether (sulfide) groups is 1. The molecule has 3 atom stereocenters. The molecule has 2 fully saturated rings. The number of amides is 4. The molecule has 33 heavy (non-hydrogen) atoms. The summed E-state index contributed by atoms with van der Waals surface area (Å²) in [5, 5.41) is 2.59. The summed E-state index contributed by atoms with van der Waals surface area (Å²) < 4.78 is 5.39. The molecule has 5 N–H and O–H groups in total. The summed E-state index contributed by atoms with van der Waals surface area (Å²) in [5.41, 5.74) is 11.5. The molecule has 0 saturated carbocycles. The first-order chi connectivity index (χ1) is 15.8. The number of ether oxygens (including phenoxy) is 1. The van der Waals surface area contributed by atoms with E-state index < -0.39 is 12.1 Å². The minimum atomic E-state index is -0.541. The number of carbonyl (C=O) groups excluding carboxylic acids is 3. The number of hydrogen-bond donors (Lipinski definition) is 3. The van der Waals surface area contributed by atoms with Gasteiger partial charge in [0.05, 0.1) is 6.04 Å².